The molecule has 28 heavy (non-hydrogen) atoms. The number of anilines is 1. The van der Waals surface area contributed by atoms with Crippen LogP contribution in [0.5, 0.6) is 0 Å². The minimum absolute atomic E-state index is 0.201. The molecule has 1 fully saturated rings. The standard InChI is InChI=1S/C21H19FN4O2/c22-18-16-8-9-23-11-15(16)6-7-17(18)24-20(27)14-3-1-2-13(10-14)19-25-21(28-26-19)12-4-5-12/h1-3,6-7,10,12,23H,4-5,8-9,11H2,(H,24,27). The van der Waals surface area contributed by atoms with Crippen molar-refractivity contribution in [2.75, 3.05) is 11.9 Å². The van der Waals surface area contributed by atoms with Gasteiger partial charge in [-0.2, -0.15) is 4.98 Å². The number of fused-ring (bicyclic) bond motifs is 1. The summed E-state index contributed by atoms with van der Waals surface area (Å²) in [6.07, 6.45) is 2.76. The Kier molecular flexibility index (Phi) is 4.16. The molecule has 1 aromatic heterocycles. The Morgan fingerprint density at radius 1 is 1.25 bits per heavy atom. The molecule has 1 saturated carbocycles. The van der Waals surface area contributed by atoms with Crippen LogP contribution < -0.4 is 10.6 Å². The highest BCUT2D eigenvalue weighted by Gasteiger charge is 2.29. The molecule has 0 spiro atoms. The molecular formula is C21H19FN4O2. The number of amides is 1. The lowest BCUT2D eigenvalue weighted by Crippen LogP contribution is -2.25. The highest BCUT2D eigenvalue weighted by atomic mass is 19.1. The molecule has 1 amide bonds. The van der Waals surface area contributed by atoms with Crippen LogP contribution in [-0.4, -0.2) is 22.6 Å². The molecular weight excluding hydrogens is 359 g/mol. The van der Waals surface area contributed by atoms with Gasteiger partial charge in [-0.05, 0) is 55.1 Å². The minimum atomic E-state index is -0.374. The lowest BCUT2D eigenvalue weighted by molar-refractivity contribution is 0.102. The summed E-state index contributed by atoms with van der Waals surface area (Å²) in [6.45, 7) is 1.38. The van der Waals surface area contributed by atoms with Gasteiger partial charge < -0.3 is 15.2 Å². The fraction of sp³-hybridized carbons (Fsp3) is 0.286. The minimum Gasteiger partial charge on any atom is -0.339 e. The molecule has 2 N–H and O–H groups in total. The van der Waals surface area contributed by atoms with E-state index in [1.54, 1.807) is 24.3 Å². The van der Waals surface area contributed by atoms with Gasteiger partial charge in [0.2, 0.25) is 11.7 Å². The van der Waals surface area contributed by atoms with Crippen molar-refractivity contribution in [2.24, 2.45) is 0 Å². The molecule has 2 aromatic carbocycles. The zero-order valence-corrected chi connectivity index (χ0v) is 15.2. The summed E-state index contributed by atoms with van der Waals surface area (Å²) in [5, 5.41) is 9.92. The molecule has 7 heteroatoms. The van der Waals surface area contributed by atoms with Crippen molar-refractivity contribution in [1.82, 2.24) is 15.5 Å². The van der Waals surface area contributed by atoms with E-state index < -0.39 is 0 Å². The summed E-state index contributed by atoms with van der Waals surface area (Å²) in [5.74, 6) is 0.755. The Morgan fingerprint density at radius 2 is 2.14 bits per heavy atom. The second-order valence-electron chi connectivity index (χ2n) is 7.26. The van der Waals surface area contributed by atoms with Gasteiger partial charge in [-0.25, -0.2) is 4.39 Å². The lowest BCUT2D eigenvalue weighted by atomic mass is 9.99. The van der Waals surface area contributed by atoms with Gasteiger partial charge in [-0.1, -0.05) is 23.4 Å². The summed E-state index contributed by atoms with van der Waals surface area (Å²) >= 11 is 0. The Hall–Kier alpha value is -3.06. The largest absolute Gasteiger partial charge is 0.339 e. The van der Waals surface area contributed by atoms with E-state index in [0.717, 1.165) is 24.9 Å². The quantitative estimate of drug-likeness (QED) is 0.724. The number of carbonyl (C=O) groups excluding carboxylic acids is 1. The van der Waals surface area contributed by atoms with Gasteiger partial charge in [0.05, 0.1) is 5.69 Å². The maximum Gasteiger partial charge on any atom is 0.255 e. The van der Waals surface area contributed by atoms with E-state index in [4.69, 9.17) is 4.52 Å². The average molecular weight is 378 g/mol. The van der Waals surface area contributed by atoms with E-state index in [1.165, 1.54) is 0 Å². The van der Waals surface area contributed by atoms with Crippen LogP contribution in [-0.2, 0) is 13.0 Å². The SMILES string of the molecule is O=C(Nc1ccc2c(c1F)CCNC2)c1cccc(-c2noc(C3CC3)n2)c1. The van der Waals surface area contributed by atoms with E-state index in [1.807, 2.05) is 12.1 Å². The molecule has 5 rings (SSSR count). The number of nitrogens with zero attached hydrogens (tertiary/aromatic N) is 2. The maximum absolute atomic E-state index is 14.8. The van der Waals surface area contributed by atoms with Crippen molar-refractivity contribution in [3.05, 3.63) is 64.8 Å². The number of carbonyl (C=O) groups is 1. The maximum atomic E-state index is 14.8. The van der Waals surface area contributed by atoms with Crippen LogP contribution in [0.2, 0.25) is 0 Å². The first-order valence-corrected chi connectivity index (χ1v) is 9.45. The summed E-state index contributed by atoms with van der Waals surface area (Å²) in [7, 11) is 0. The van der Waals surface area contributed by atoms with Crippen molar-refractivity contribution in [2.45, 2.75) is 31.7 Å². The van der Waals surface area contributed by atoms with Gasteiger partial charge in [-0.3, -0.25) is 4.79 Å². The molecule has 2 aliphatic rings. The molecule has 3 aromatic rings. The zero-order valence-electron chi connectivity index (χ0n) is 15.2. The smallest absolute Gasteiger partial charge is 0.255 e. The zero-order chi connectivity index (χ0) is 19.1. The summed E-state index contributed by atoms with van der Waals surface area (Å²) in [4.78, 5) is 17.1. The first-order chi connectivity index (χ1) is 13.7. The summed E-state index contributed by atoms with van der Waals surface area (Å²) < 4.78 is 20.1. The molecule has 0 bridgehead atoms. The van der Waals surface area contributed by atoms with Crippen molar-refractivity contribution >= 4 is 11.6 Å². The van der Waals surface area contributed by atoms with Crippen LogP contribution in [0.1, 0.15) is 46.1 Å². The van der Waals surface area contributed by atoms with Crippen molar-refractivity contribution in [3.8, 4) is 11.4 Å². The fourth-order valence-corrected chi connectivity index (χ4v) is 3.47. The van der Waals surface area contributed by atoms with Gasteiger partial charge in [0.25, 0.3) is 5.91 Å². The Morgan fingerprint density at radius 3 is 3.00 bits per heavy atom. The Labute approximate surface area is 161 Å². The van der Waals surface area contributed by atoms with E-state index in [0.29, 0.717) is 47.3 Å². The lowest BCUT2D eigenvalue weighted by Gasteiger charge is -2.19. The third-order valence-electron chi connectivity index (χ3n) is 5.21. The molecule has 2 heterocycles. The number of hydrogen-bond donors (Lipinski definition) is 2. The van der Waals surface area contributed by atoms with E-state index in [9.17, 15) is 9.18 Å². The molecule has 1 aliphatic carbocycles. The third-order valence-corrected chi connectivity index (χ3v) is 5.21. The third kappa shape index (κ3) is 3.18. The normalized spacial score (nSPS) is 15.9. The number of halogens is 1. The molecule has 1 aliphatic heterocycles. The predicted molar refractivity (Wildman–Crippen MR) is 101 cm³/mol. The van der Waals surface area contributed by atoms with Gasteiger partial charge in [0, 0.05) is 23.6 Å². The van der Waals surface area contributed by atoms with Crippen LogP contribution >= 0.6 is 0 Å². The Bertz CT molecular complexity index is 1060. The van der Waals surface area contributed by atoms with Crippen LogP contribution in [0.3, 0.4) is 0 Å². The highest BCUT2D eigenvalue weighted by molar-refractivity contribution is 6.05. The van der Waals surface area contributed by atoms with E-state index in [2.05, 4.69) is 20.8 Å². The number of rotatable bonds is 4. The van der Waals surface area contributed by atoms with Crippen LogP contribution in [0.4, 0.5) is 10.1 Å². The van der Waals surface area contributed by atoms with Crippen LogP contribution in [0.15, 0.2) is 40.9 Å². The van der Waals surface area contributed by atoms with Gasteiger partial charge in [0.15, 0.2) is 0 Å². The molecule has 0 radical (unpaired) electrons. The first kappa shape index (κ1) is 17.1. The topological polar surface area (TPSA) is 80.0 Å². The van der Waals surface area contributed by atoms with Gasteiger partial charge in [0.1, 0.15) is 5.82 Å². The monoisotopic (exact) mass is 378 g/mol. The predicted octanol–water partition coefficient (Wildman–Crippen LogP) is 3.65. The fourth-order valence-electron chi connectivity index (χ4n) is 3.47. The second-order valence-corrected chi connectivity index (χ2v) is 7.26. The number of aromatic nitrogens is 2. The summed E-state index contributed by atoms with van der Waals surface area (Å²) in [6, 6.07) is 10.4. The van der Waals surface area contributed by atoms with Crippen molar-refractivity contribution in [3.63, 3.8) is 0 Å². The van der Waals surface area contributed by atoms with E-state index >= 15 is 0 Å². The highest BCUT2D eigenvalue weighted by Crippen LogP contribution is 2.39. The summed E-state index contributed by atoms with van der Waals surface area (Å²) in [5.41, 5.74) is 2.91. The number of benzene rings is 2. The Balaban J connectivity index is 1.38. The molecule has 0 atom stereocenters. The molecule has 0 saturated heterocycles. The van der Waals surface area contributed by atoms with Gasteiger partial charge in [-0.15, -0.1) is 0 Å². The second kappa shape index (κ2) is 6.83. The van der Waals surface area contributed by atoms with Gasteiger partial charge >= 0.3 is 0 Å². The number of nitrogens with one attached hydrogen (secondary N) is 2. The van der Waals surface area contributed by atoms with Crippen molar-refractivity contribution in [1.29, 1.82) is 0 Å². The molecule has 6 nitrogen and oxygen atoms in total. The van der Waals surface area contributed by atoms with Crippen molar-refractivity contribution < 1.29 is 13.7 Å². The number of hydrogen-bond acceptors (Lipinski definition) is 5. The average Bonchev–Trinajstić information content (AvgIpc) is 3.47. The first-order valence-electron chi connectivity index (χ1n) is 9.45. The molecule has 142 valence electrons. The van der Waals surface area contributed by atoms with E-state index in [-0.39, 0.29) is 17.4 Å². The van der Waals surface area contributed by atoms with Crippen LogP contribution in [0.25, 0.3) is 11.4 Å². The van der Waals surface area contributed by atoms with Crippen LogP contribution in [0, 0.1) is 5.82 Å². The molecule has 0 unspecified atom stereocenters.